The molecule has 1 heterocycles. The zero-order valence-electron chi connectivity index (χ0n) is 11.3. The first-order chi connectivity index (χ1) is 9.47. The maximum absolute atomic E-state index is 12.0. The predicted octanol–water partition coefficient (Wildman–Crippen LogP) is 1.95. The van der Waals surface area contributed by atoms with Gasteiger partial charge in [-0.05, 0) is 25.0 Å². The fraction of sp³-hybridized carbons (Fsp3) is 0.267. The molecule has 0 bridgehead atoms. The zero-order valence-corrected chi connectivity index (χ0v) is 11.3. The lowest BCUT2D eigenvalue weighted by Gasteiger charge is -2.16. The molecule has 0 saturated heterocycles. The number of ketones is 1. The van der Waals surface area contributed by atoms with E-state index in [-0.39, 0.29) is 12.1 Å². The monoisotopic (exact) mass is 273 g/mol. The number of benzene rings is 1. The Bertz CT molecular complexity index is 631. The Morgan fingerprint density at radius 2 is 2.05 bits per heavy atom. The second-order valence-corrected chi connectivity index (χ2v) is 4.60. The van der Waals surface area contributed by atoms with Crippen molar-refractivity contribution in [3.63, 3.8) is 0 Å². The van der Waals surface area contributed by atoms with Crippen molar-refractivity contribution >= 4 is 23.3 Å². The molecule has 20 heavy (non-hydrogen) atoms. The molecule has 1 aliphatic rings. The third kappa shape index (κ3) is 2.22. The molecule has 1 aromatic carbocycles. The van der Waals surface area contributed by atoms with Gasteiger partial charge in [0.15, 0.2) is 0 Å². The van der Waals surface area contributed by atoms with Crippen LogP contribution in [0.15, 0.2) is 29.8 Å². The second-order valence-electron chi connectivity index (χ2n) is 4.60. The van der Waals surface area contributed by atoms with Crippen LogP contribution in [0.25, 0.3) is 0 Å². The molecule has 5 nitrogen and oxygen atoms in total. The molecule has 1 aromatic rings. The van der Waals surface area contributed by atoms with Gasteiger partial charge in [-0.25, -0.2) is 4.79 Å². The number of carbonyl (C=O) groups is 3. The van der Waals surface area contributed by atoms with Gasteiger partial charge in [0.05, 0.1) is 11.3 Å². The molecule has 0 unspecified atom stereocenters. The van der Waals surface area contributed by atoms with Crippen LogP contribution in [0.3, 0.4) is 0 Å². The van der Waals surface area contributed by atoms with Crippen LogP contribution in [0.2, 0.25) is 0 Å². The smallest absolute Gasteiger partial charge is 0.331 e. The van der Waals surface area contributed by atoms with Crippen molar-refractivity contribution in [1.82, 2.24) is 0 Å². The van der Waals surface area contributed by atoms with E-state index in [9.17, 15) is 14.4 Å². The minimum Gasteiger partial charge on any atom is -0.478 e. The SMILES string of the molecule is CCC(=CCN1C(=O)C(=O)c2cccc(C)c21)C(=O)O. The van der Waals surface area contributed by atoms with Crippen LogP contribution < -0.4 is 4.90 Å². The molecule has 0 aromatic heterocycles. The van der Waals surface area contributed by atoms with E-state index in [0.29, 0.717) is 17.7 Å². The molecule has 5 heteroatoms. The van der Waals surface area contributed by atoms with E-state index in [0.717, 1.165) is 5.56 Å². The Hall–Kier alpha value is -2.43. The van der Waals surface area contributed by atoms with Crippen LogP contribution in [-0.2, 0) is 9.59 Å². The van der Waals surface area contributed by atoms with E-state index >= 15 is 0 Å². The summed E-state index contributed by atoms with van der Waals surface area (Å²) in [6.45, 7) is 3.65. The number of nitrogens with zero attached hydrogens (tertiary/aromatic N) is 1. The number of Topliss-reactive ketones (excluding diaryl/α,β-unsaturated/α-hetero) is 1. The molecule has 0 atom stereocenters. The Morgan fingerprint density at radius 1 is 1.35 bits per heavy atom. The minimum absolute atomic E-state index is 0.0951. The summed E-state index contributed by atoms with van der Waals surface area (Å²) >= 11 is 0. The molecule has 0 aliphatic carbocycles. The Kier molecular flexibility index (Phi) is 3.70. The largest absolute Gasteiger partial charge is 0.478 e. The number of aryl methyl sites for hydroxylation is 1. The van der Waals surface area contributed by atoms with E-state index in [4.69, 9.17) is 5.11 Å². The maximum Gasteiger partial charge on any atom is 0.331 e. The quantitative estimate of drug-likeness (QED) is 0.672. The van der Waals surface area contributed by atoms with Gasteiger partial charge >= 0.3 is 5.97 Å². The van der Waals surface area contributed by atoms with Crippen molar-refractivity contribution in [2.24, 2.45) is 0 Å². The van der Waals surface area contributed by atoms with Gasteiger partial charge in [-0.2, -0.15) is 0 Å². The van der Waals surface area contributed by atoms with Crippen molar-refractivity contribution < 1.29 is 19.5 Å². The van der Waals surface area contributed by atoms with Gasteiger partial charge in [0, 0.05) is 12.1 Å². The van der Waals surface area contributed by atoms with Gasteiger partial charge in [0.1, 0.15) is 0 Å². The highest BCUT2D eigenvalue weighted by molar-refractivity contribution is 6.52. The van der Waals surface area contributed by atoms with Gasteiger partial charge in [0.2, 0.25) is 0 Å². The van der Waals surface area contributed by atoms with Crippen molar-refractivity contribution in [3.05, 3.63) is 41.0 Å². The molecule has 0 fully saturated rings. The molecule has 1 amide bonds. The molecule has 104 valence electrons. The maximum atomic E-state index is 12.0. The molecule has 1 N–H and O–H groups in total. The molecular formula is C15H15NO4. The number of fused-ring (bicyclic) bond motifs is 1. The van der Waals surface area contributed by atoms with E-state index in [1.807, 2.05) is 13.0 Å². The van der Waals surface area contributed by atoms with Crippen LogP contribution in [0.5, 0.6) is 0 Å². The summed E-state index contributed by atoms with van der Waals surface area (Å²) in [6.07, 6.45) is 1.85. The molecular weight excluding hydrogens is 258 g/mol. The highest BCUT2D eigenvalue weighted by Gasteiger charge is 2.36. The highest BCUT2D eigenvalue weighted by atomic mass is 16.4. The third-order valence-electron chi connectivity index (χ3n) is 3.37. The lowest BCUT2D eigenvalue weighted by atomic mass is 10.1. The number of amides is 1. The molecule has 0 spiro atoms. The molecule has 1 aliphatic heterocycles. The number of anilines is 1. The summed E-state index contributed by atoms with van der Waals surface area (Å²) < 4.78 is 0. The van der Waals surface area contributed by atoms with Crippen molar-refractivity contribution in [1.29, 1.82) is 0 Å². The molecule has 2 rings (SSSR count). The fourth-order valence-corrected chi connectivity index (χ4v) is 2.30. The second kappa shape index (κ2) is 5.28. The number of hydrogen-bond donors (Lipinski definition) is 1. The Labute approximate surface area is 116 Å². The first kappa shape index (κ1) is 14.0. The summed E-state index contributed by atoms with van der Waals surface area (Å²) in [5.74, 6) is -2.15. The summed E-state index contributed by atoms with van der Waals surface area (Å²) in [4.78, 5) is 36.2. The lowest BCUT2D eigenvalue weighted by Crippen LogP contribution is -2.30. The summed E-state index contributed by atoms with van der Waals surface area (Å²) in [6, 6.07) is 5.16. The van der Waals surface area contributed by atoms with Gasteiger partial charge in [-0.3, -0.25) is 9.59 Å². The molecule has 0 radical (unpaired) electrons. The van der Waals surface area contributed by atoms with Crippen molar-refractivity contribution in [2.45, 2.75) is 20.3 Å². The Morgan fingerprint density at radius 3 is 2.65 bits per heavy atom. The number of carbonyl (C=O) groups excluding carboxylic acids is 2. The van der Waals surface area contributed by atoms with E-state index in [1.54, 1.807) is 19.1 Å². The van der Waals surface area contributed by atoms with Crippen LogP contribution in [0.1, 0.15) is 29.3 Å². The number of carboxylic acid groups (broad SMARTS) is 1. The number of carboxylic acids is 1. The number of aliphatic carboxylic acids is 1. The van der Waals surface area contributed by atoms with E-state index in [1.165, 1.54) is 11.0 Å². The van der Waals surface area contributed by atoms with Crippen LogP contribution in [0.4, 0.5) is 5.69 Å². The topological polar surface area (TPSA) is 74.7 Å². The first-order valence-corrected chi connectivity index (χ1v) is 6.35. The predicted molar refractivity (Wildman–Crippen MR) is 73.9 cm³/mol. The molecule has 0 saturated carbocycles. The van der Waals surface area contributed by atoms with Crippen molar-refractivity contribution in [2.75, 3.05) is 11.4 Å². The average Bonchev–Trinajstić information content (AvgIpc) is 2.65. The fourth-order valence-electron chi connectivity index (χ4n) is 2.30. The average molecular weight is 273 g/mol. The van der Waals surface area contributed by atoms with Crippen LogP contribution in [0, 0.1) is 6.92 Å². The lowest BCUT2D eigenvalue weighted by molar-refractivity contribution is -0.132. The van der Waals surface area contributed by atoms with Gasteiger partial charge in [0.25, 0.3) is 11.7 Å². The third-order valence-corrected chi connectivity index (χ3v) is 3.37. The minimum atomic E-state index is -1.00. The van der Waals surface area contributed by atoms with E-state index in [2.05, 4.69) is 0 Å². The van der Waals surface area contributed by atoms with Crippen molar-refractivity contribution in [3.8, 4) is 0 Å². The van der Waals surface area contributed by atoms with Gasteiger partial charge in [-0.15, -0.1) is 0 Å². The normalized spacial score (nSPS) is 14.7. The first-order valence-electron chi connectivity index (χ1n) is 6.35. The zero-order chi connectivity index (χ0) is 14.9. The number of hydrogen-bond acceptors (Lipinski definition) is 3. The standard InChI is InChI=1S/C15H15NO4/c1-3-10(15(19)20)7-8-16-12-9(2)5-4-6-11(12)13(17)14(16)18/h4-7H,3,8H2,1-2H3,(H,19,20). The summed E-state index contributed by atoms with van der Waals surface area (Å²) in [5, 5.41) is 8.98. The van der Waals surface area contributed by atoms with Gasteiger partial charge < -0.3 is 10.0 Å². The van der Waals surface area contributed by atoms with Crippen LogP contribution in [-0.4, -0.2) is 29.3 Å². The summed E-state index contributed by atoms with van der Waals surface area (Å²) in [5.41, 5.74) is 2.02. The Balaban J connectivity index is 2.38. The number of rotatable bonds is 4. The van der Waals surface area contributed by atoms with Crippen LogP contribution >= 0.6 is 0 Å². The highest BCUT2D eigenvalue weighted by Crippen LogP contribution is 2.32. The van der Waals surface area contributed by atoms with E-state index < -0.39 is 17.7 Å². The summed E-state index contributed by atoms with van der Waals surface area (Å²) in [7, 11) is 0. The number of para-hydroxylation sites is 1. The van der Waals surface area contributed by atoms with Gasteiger partial charge in [-0.1, -0.05) is 25.1 Å².